The van der Waals surface area contributed by atoms with Gasteiger partial charge in [0.05, 0.1) is 23.0 Å². The number of nitrogens with one attached hydrogen (secondary N) is 1. The van der Waals surface area contributed by atoms with Crippen molar-refractivity contribution in [1.29, 1.82) is 0 Å². The number of carbonyl (C=O) groups is 1. The number of rotatable bonds is 7. The average molecular weight is 453 g/mol. The van der Waals surface area contributed by atoms with Gasteiger partial charge in [-0.15, -0.1) is 13.2 Å². The molecule has 1 unspecified atom stereocenters. The molecule has 0 fully saturated rings. The first-order chi connectivity index (χ1) is 14.5. The van der Waals surface area contributed by atoms with Gasteiger partial charge in [-0.25, -0.2) is 8.42 Å². The molecule has 0 aliphatic carbocycles. The van der Waals surface area contributed by atoms with E-state index >= 15 is 0 Å². The Bertz CT molecular complexity index is 1140. The number of furan rings is 1. The molecule has 1 heterocycles. The highest BCUT2D eigenvalue weighted by Gasteiger charge is 2.31. The van der Waals surface area contributed by atoms with Crippen LogP contribution in [0.15, 0.2) is 76.2 Å². The standard InChI is InChI=1S/C21H18F3NO5S/c1-14(15-7-9-17(10-8-15)30-21(22,23)24)25-20(26)19-16(11-12-29-19)13-31(27,28)18-5-3-2-4-6-18/h2-12,14H,13H2,1H3,(H,25,26). The highest BCUT2D eigenvalue weighted by atomic mass is 32.2. The number of sulfone groups is 1. The maximum Gasteiger partial charge on any atom is 0.573 e. The predicted molar refractivity (Wildman–Crippen MR) is 105 cm³/mol. The highest BCUT2D eigenvalue weighted by Crippen LogP contribution is 2.25. The van der Waals surface area contributed by atoms with Gasteiger partial charge in [0, 0.05) is 5.56 Å². The van der Waals surface area contributed by atoms with Gasteiger partial charge < -0.3 is 14.5 Å². The van der Waals surface area contributed by atoms with Gasteiger partial charge in [0.15, 0.2) is 15.6 Å². The molecule has 3 rings (SSSR count). The quantitative estimate of drug-likeness (QED) is 0.563. The van der Waals surface area contributed by atoms with Crippen LogP contribution in [-0.2, 0) is 15.6 Å². The van der Waals surface area contributed by atoms with E-state index in [1.807, 2.05) is 0 Å². The molecule has 164 valence electrons. The number of amides is 1. The third kappa shape index (κ3) is 5.88. The number of hydrogen-bond acceptors (Lipinski definition) is 5. The normalized spacial score (nSPS) is 12.9. The first kappa shape index (κ1) is 22.4. The molecule has 0 radical (unpaired) electrons. The topological polar surface area (TPSA) is 85.6 Å². The van der Waals surface area contributed by atoms with E-state index in [9.17, 15) is 26.4 Å². The molecule has 6 nitrogen and oxygen atoms in total. The van der Waals surface area contributed by atoms with Crippen LogP contribution in [0.1, 0.15) is 34.6 Å². The van der Waals surface area contributed by atoms with Crippen LogP contribution >= 0.6 is 0 Å². The third-order valence-corrected chi connectivity index (χ3v) is 6.04. The van der Waals surface area contributed by atoms with E-state index in [0.717, 1.165) is 12.1 Å². The second kappa shape index (κ2) is 8.84. The van der Waals surface area contributed by atoms with Crippen molar-refractivity contribution >= 4 is 15.7 Å². The van der Waals surface area contributed by atoms with Crippen LogP contribution in [0.25, 0.3) is 0 Å². The summed E-state index contributed by atoms with van der Waals surface area (Å²) in [6.07, 6.45) is -3.57. The number of carbonyl (C=O) groups excluding carboxylic acids is 1. The summed E-state index contributed by atoms with van der Waals surface area (Å²) in [5, 5.41) is 2.64. The molecule has 31 heavy (non-hydrogen) atoms. The third-order valence-electron chi connectivity index (χ3n) is 4.36. The molecular weight excluding hydrogens is 435 g/mol. The van der Waals surface area contributed by atoms with Gasteiger partial charge in [0.2, 0.25) is 0 Å². The van der Waals surface area contributed by atoms with Crippen molar-refractivity contribution in [2.24, 2.45) is 0 Å². The SMILES string of the molecule is CC(NC(=O)c1occc1CS(=O)(=O)c1ccccc1)c1ccc(OC(F)(F)F)cc1. The summed E-state index contributed by atoms with van der Waals surface area (Å²) in [5.41, 5.74) is 0.718. The number of hydrogen-bond donors (Lipinski definition) is 1. The molecule has 1 atom stereocenters. The van der Waals surface area contributed by atoms with Gasteiger partial charge in [0.1, 0.15) is 5.75 Å². The largest absolute Gasteiger partial charge is 0.573 e. The lowest BCUT2D eigenvalue weighted by molar-refractivity contribution is -0.274. The molecule has 10 heteroatoms. The first-order valence-electron chi connectivity index (χ1n) is 9.06. The lowest BCUT2D eigenvalue weighted by atomic mass is 10.1. The molecule has 0 bridgehead atoms. The molecule has 0 aliphatic rings. The van der Waals surface area contributed by atoms with E-state index in [2.05, 4.69) is 10.1 Å². The monoisotopic (exact) mass is 453 g/mol. The van der Waals surface area contributed by atoms with Crippen molar-refractivity contribution < 1.29 is 35.5 Å². The Balaban J connectivity index is 1.70. The van der Waals surface area contributed by atoms with Crippen LogP contribution in [-0.4, -0.2) is 20.7 Å². The maximum atomic E-state index is 12.6. The zero-order chi connectivity index (χ0) is 22.6. The zero-order valence-electron chi connectivity index (χ0n) is 16.2. The van der Waals surface area contributed by atoms with E-state index in [1.165, 1.54) is 36.6 Å². The summed E-state index contributed by atoms with van der Waals surface area (Å²) in [6.45, 7) is 1.63. The number of halogens is 3. The van der Waals surface area contributed by atoms with E-state index in [4.69, 9.17) is 4.42 Å². The lowest BCUT2D eigenvalue weighted by Crippen LogP contribution is -2.27. The van der Waals surface area contributed by atoms with Crippen LogP contribution in [0.4, 0.5) is 13.2 Å². The molecule has 1 amide bonds. The fourth-order valence-corrected chi connectivity index (χ4v) is 4.24. The Hall–Kier alpha value is -3.27. The molecule has 2 aromatic carbocycles. The molecular formula is C21H18F3NO5S. The molecule has 0 aliphatic heterocycles. The van der Waals surface area contributed by atoms with Crippen LogP contribution in [0.5, 0.6) is 5.75 Å². The smallest absolute Gasteiger partial charge is 0.459 e. The first-order valence-corrected chi connectivity index (χ1v) is 10.7. The summed E-state index contributed by atoms with van der Waals surface area (Å²) >= 11 is 0. The zero-order valence-corrected chi connectivity index (χ0v) is 17.0. The fourth-order valence-electron chi connectivity index (χ4n) is 2.87. The van der Waals surface area contributed by atoms with Crippen molar-refractivity contribution in [3.05, 3.63) is 83.8 Å². The van der Waals surface area contributed by atoms with Crippen LogP contribution in [0, 0.1) is 0 Å². The van der Waals surface area contributed by atoms with Crippen molar-refractivity contribution in [2.75, 3.05) is 0 Å². The van der Waals surface area contributed by atoms with Crippen LogP contribution in [0.3, 0.4) is 0 Å². The molecule has 0 saturated carbocycles. The van der Waals surface area contributed by atoms with Crippen molar-refractivity contribution in [3.63, 3.8) is 0 Å². The summed E-state index contributed by atoms with van der Waals surface area (Å²) in [4.78, 5) is 12.7. The molecule has 0 spiro atoms. The van der Waals surface area contributed by atoms with Gasteiger partial charge >= 0.3 is 6.36 Å². The van der Waals surface area contributed by atoms with E-state index < -0.39 is 33.9 Å². The number of ether oxygens (including phenoxy) is 1. The van der Waals surface area contributed by atoms with Crippen molar-refractivity contribution in [1.82, 2.24) is 5.32 Å². The van der Waals surface area contributed by atoms with Crippen molar-refractivity contribution in [3.8, 4) is 5.75 Å². The van der Waals surface area contributed by atoms with E-state index in [0.29, 0.717) is 5.56 Å². The lowest BCUT2D eigenvalue weighted by Gasteiger charge is -2.15. The second-order valence-electron chi connectivity index (χ2n) is 6.66. The van der Waals surface area contributed by atoms with Gasteiger partial charge in [-0.05, 0) is 42.8 Å². The predicted octanol–water partition coefficient (Wildman–Crippen LogP) is 4.64. The number of alkyl halides is 3. The van der Waals surface area contributed by atoms with Crippen LogP contribution in [0.2, 0.25) is 0 Å². The Kier molecular flexibility index (Phi) is 6.40. The number of benzene rings is 2. The Labute approximate surface area is 176 Å². The van der Waals surface area contributed by atoms with Crippen molar-refractivity contribution in [2.45, 2.75) is 30.0 Å². The summed E-state index contributed by atoms with van der Waals surface area (Å²) in [5.74, 6) is -1.60. The minimum Gasteiger partial charge on any atom is -0.459 e. The molecule has 3 aromatic rings. The average Bonchev–Trinajstić information content (AvgIpc) is 3.15. The van der Waals surface area contributed by atoms with Gasteiger partial charge in [-0.1, -0.05) is 30.3 Å². The highest BCUT2D eigenvalue weighted by molar-refractivity contribution is 7.90. The summed E-state index contributed by atoms with van der Waals surface area (Å²) in [6, 6.07) is 13.7. The van der Waals surface area contributed by atoms with Gasteiger partial charge in [-0.2, -0.15) is 0 Å². The molecule has 1 aromatic heterocycles. The minimum absolute atomic E-state index is 0.122. The van der Waals surface area contributed by atoms with E-state index in [1.54, 1.807) is 25.1 Å². The summed E-state index contributed by atoms with van der Waals surface area (Å²) in [7, 11) is -3.69. The Morgan fingerprint density at radius 3 is 2.32 bits per heavy atom. The van der Waals surface area contributed by atoms with Crippen LogP contribution < -0.4 is 10.1 Å². The van der Waals surface area contributed by atoms with Gasteiger partial charge in [-0.3, -0.25) is 4.79 Å². The second-order valence-corrected chi connectivity index (χ2v) is 8.65. The minimum atomic E-state index is -4.79. The molecule has 1 N–H and O–H groups in total. The Morgan fingerprint density at radius 1 is 1.06 bits per heavy atom. The fraction of sp³-hybridized carbons (Fsp3) is 0.190. The van der Waals surface area contributed by atoms with E-state index in [-0.39, 0.29) is 22.0 Å². The van der Waals surface area contributed by atoms with Gasteiger partial charge in [0.25, 0.3) is 5.91 Å². The Morgan fingerprint density at radius 2 is 1.71 bits per heavy atom. The maximum absolute atomic E-state index is 12.6. The molecule has 0 saturated heterocycles. The summed E-state index contributed by atoms with van der Waals surface area (Å²) < 4.78 is 71.0.